The Labute approximate surface area is 141 Å². The summed E-state index contributed by atoms with van der Waals surface area (Å²) in [7, 11) is 0. The molecule has 0 fully saturated rings. The van der Waals surface area contributed by atoms with Gasteiger partial charge in [-0.3, -0.25) is 4.79 Å². The lowest BCUT2D eigenvalue weighted by Crippen LogP contribution is -2.13. The maximum Gasteiger partial charge on any atom is 0.255 e. The van der Waals surface area contributed by atoms with Crippen molar-refractivity contribution in [2.24, 2.45) is 0 Å². The van der Waals surface area contributed by atoms with Crippen LogP contribution in [-0.4, -0.2) is 5.91 Å². The first-order chi connectivity index (χ1) is 9.49. The summed E-state index contributed by atoms with van der Waals surface area (Å²) < 4.78 is 2.39. The van der Waals surface area contributed by atoms with Crippen molar-refractivity contribution < 1.29 is 4.79 Å². The molecule has 0 saturated carbocycles. The maximum absolute atomic E-state index is 12.2. The molecule has 2 aromatic rings. The van der Waals surface area contributed by atoms with Crippen molar-refractivity contribution in [3.8, 4) is 6.07 Å². The second kappa shape index (κ2) is 6.53. The number of nitriles is 1. The highest BCUT2D eigenvalue weighted by Crippen LogP contribution is 2.23. The molecule has 1 N–H and O–H groups in total. The van der Waals surface area contributed by atoms with E-state index in [2.05, 4.69) is 59.2 Å². The van der Waals surface area contributed by atoms with Gasteiger partial charge in [-0.2, -0.15) is 5.26 Å². The minimum atomic E-state index is -0.272. The van der Waals surface area contributed by atoms with Crippen molar-refractivity contribution in [3.63, 3.8) is 0 Å². The standard InChI is InChI=1S/C14H7Br3N2O/c15-10-1-2-13(9(5-10)7-18)19-14(20)8-3-11(16)6-12(17)4-8/h1-6H,(H,19,20). The molecule has 2 rings (SSSR count). The third kappa shape index (κ3) is 3.69. The van der Waals surface area contributed by atoms with Gasteiger partial charge >= 0.3 is 0 Å². The average molecular weight is 459 g/mol. The molecule has 1 amide bonds. The van der Waals surface area contributed by atoms with Crippen LogP contribution in [0.1, 0.15) is 15.9 Å². The molecule has 0 radical (unpaired) electrons. The number of halogens is 3. The Bertz CT molecular complexity index is 703. The van der Waals surface area contributed by atoms with E-state index in [9.17, 15) is 4.79 Å². The zero-order chi connectivity index (χ0) is 14.7. The van der Waals surface area contributed by atoms with Gasteiger partial charge in [0.05, 0.1) is 11.3 Å². The molecule has 0 aliphatic rings. The topological polar surface area (TPSA) is 52.9 Å². The fourth-order valence-corrected chi connectivity index (χ4v) is 3.25. The molecule has 0 atom stereocenters. The van der Waals surface area contributed by atoms with E-state index >= 15 is 0 Å². The number of carbonyl (C=O) groups is 1. The third-order valence-electron chi connectivity index (χ3n) is 2.48. The number of hydrogen-bond acceptors (Lipinski definition) is 2. The predicted octanol–water partition coefficient (Wildman–Crippen LogP) is 5.10. The fourth-order valence-electron chi connectivity index (χ4n) is 1.60. The minimum absolute atomic E-state index is 0.272. The molecule has 6 heteroatoms. The summed E-state index contributed by atoms with van der Waals surface area (Å²) in [5.41, 5.74) is 1.39. The van der Waals surface area contributed by atoms with E-state index in [-0.39, 0.29) is 5.91 Å². The van der Waals surface area contributed by atoms with Gasteiger partial charge in [0.1, 0.15) is 6.07 Å². The van der Waals surface area contributed by atoms with Crippen LogP contribution in [0.3, 0.4) is 0 Å². The van der Waals surface area contributed by atoms with Crippen molar-refractivity contribution in [1.29, 1.82) is 5.26 Å². The quantitative estimate of drug-likeness (QED) is 0.680. The minimum Gasteiger partial charge on any atom is -0.321 e. The van der Waals surface area contributed by atoms with Gasteiger partial charge in [0.2, 0.25) is 0 Å². The molecule has 2 aromatic carbocycles. The lowest BCUT2D eigenvalue weighted by Gasteiger charge is -2.08. The molecule has 20 heavy (non-hydrogen) atoms. The van der Waals surface area contributed by atoms with Gasteiger partial charge < -0.3 is 5.32 Å². The van der Waals surface area contributed by atoms with Crippen molar-refractivity contribution in [1.82, 2.24) is 0 Å². The third-order valence-corrected chi connectivity index (χ3v) is 3.88. The number of nitrogens with one attached hydrogen (secondary N) is 1. The number of amides is 1. The van der Waals surface area contributed by atoms with Crippen LogP contribution in [0.4, 0.5) is 5.69 Å². The van der Waals surface area contributed by atoms with Gasteiger partial charge in [0.15, 0.2) is 0 Å². The summed E-state index contributed by atoms with van der Waals surface area (Å²) in [6.45, 7) is 0. The summed E-state index contributed by atoms with van der Waals surface area (Å²) in [5.74, 6) is -0.272. The summed E-state index contributed by atoms with van der Waals surface area (Å²) in [6.07, 6.45) is 0. The summed E-state index contributed by atoms with van der Waals surface area (Å²) in [6, 6.07) is 12.4. The van der Waals surface area contributed by atoms with Crippen molar-refractivity contribution in [3.05, 3.63) is 60.9 Å². The SMILES string of the molecule is N#Cc1cc(Br)ccc1NC(=O)c1cc(Br)cc(Br)c1. The molecular formula is C14H7Br3N2O. The number of anilines is 1. The Morgan fingerprint density at radius 2 is 1.65 bits per heavy atom. The van der Waals surface area contributed by atoms with Crippen molar-refractivity contribution >= 4 is 59.4 Å². The van der Waals surface area contributed by atoms with Crippen molar-refractivity contribution in [2.45, 2.75) is 0 Å². The zero-order valence-electron chi connectivity index (χ0n) is 9.95. The lowest BCUT2D eigenvalue weighted by atomic mass is 10.1. The predicted molar refractivity (Wildman–Crippen MR) is 88.7 cm³/mol. The molecule has 0 saturated heterocycles. The molecule has 0 unspecified atom stereocenters. The number of rotatable bonds is 2. The molecule has 0 bridgehead atoms. The van der Waals surface area contributed by atoms with Crippen LogP contribution in [0.2, 0.25) is 0 Å². The second-order valence-electron chi connectivity index (χ2n) is 3.91. The Hall–Kier alpha value is -1.16. The Balaban J connectivity index is 2.30. The highest BCUT2D eigenvalue weighted by molar-refractivity contribution is 9.11. The first-order valence-corrected chi connectivity index (χ1v) is 7.84. The molecule has 0 heterocycles. The van der Waals surface area contributed by atoms with Gasteiger partial charge in [-0.1, -0.05) is 47.8 Å². The largest absolute Gasteiger partial charge is 0.321 e. The highest BCUT2D eigenvalue weighted by atomic mass is 79.9. The Morgan fingerprint density at radius 1 is 1.00 bits per heavy atom. The smallest absolute Gasteiger partial charge is 0.255 e. The normalized spacial score (nSPS) is 9.90. The molecule has 0 aromatic heterocycles. The first-order valence-electron chi connectivity index (χ1n) is 5.46. The Kier molecular flexibility index (Phi) is 4.97. The molecule has 0 aliphatic carbocycles. The maximum atomic E-state index is 12.2. The van der Waals surface area contributed by atoms with Gasteiger partial charge in [-0.15, -0.1) is 0 Å². The lowest BCUT2D eigenvalue weighted by molar-refractivity contribution is 0.102. The number of hydrogen-bond donors (Lipinski definition) is 1. The molecule has 0 aliphatic heterocycles. The molecule has 0 spiro atoms. The molecule has 100 valence electrons. The van der Waals surface area contributed by atoms with Gasteiger partial charge in [0.25, 0.3) is 5.91 Å². The van der Waals surface area contributed by atoms with Crippen LogP contribution in [0.5, 0.6) is 0 Å². The highest BCUT2D eigenvalue weighted by Gasteiger charge is 2.11. The monoisotopic (exact) mass is 456 g/mol. The van der Waals surface area contributed by atoms with E-state index < -0.39 is 0 Å². The second-order valence-corrected chi connectivity index (χ2v) is 6.66. The van der Waals surface area contributed by atoms with E-state index in [4.69, 9.17) is 5.26 Å². The van der Waals surface area contributed by atoms with Crippen molar-refractivity contribution in [2.75, 3.05) is 5.32 Å². The first kappa shape index (κ1) is 15.2. The van der Waals surface area contributed by atoms with Crippen LogP contribution >= 0.6 is 47.8 Å². The zero-order valence-corrected chi connectivity index (χ0v) is 14.7. The molecule has 3 nitrogen and oxygen atoms in total. The van der Waals surface area contributed by atoms with E-state index in [1.54, 1.807) is 30.3 Å². The fraction of sp³-hybridized carbons (Fsp3) is 0. The van der Waals surface area contributed by atoms with Gasteiger partial charge in [0, 0.05) is 19.0 Å². The number of benzene rings is 2. The van der Waals surface area contributed by atoms with Gasteiger partial charge in [-0.25, -0.2) is 0 Å². The van der Waals surface area contributed by atoms with E-state index in [1.807, 2.05) is 6.07 Å². The summed E-state index contributed by atoms with van der Waals surface area (Å²) in [5, 5.41) is 11.8. The van der Waals surface area contributed by atoms with Crippen LogP contribution in [0, 0.1) is 11.3 Å². The average Bonchev–Trinajstić information content (AvgIpc) is 2.39. The van der Waals surface area contributed by atoms with E-state index in [0.717, 1.165) is 13.4 Å². The summed E-state index contributed by atoms with van der Waals surface area (Å²) in [4.78, 5) is 12.2. The van der Waals surface area contributed by atoms with Crippen LogP contribution in [0.25, 0.3) is 0 Å². The van der Waals surface area contributed by atoms with E-state index in [0.29, 0.717) is 16.8 Å². The van der Waals surface area contributed by atoms with E-state index in [1.165, 1.54) is 0 Å². The van der Waals surface area contributed by atoms with Crippen LogP contribution < -0.4 is 5.32 Å². The molecular weight excluding hydrogens is 452 g/mol. The van der Waals surface area contributed by atoms with Crippen LogP contribution in [-0.2, 0) is 0 Å². The Morgan fingerprint density at radius 3 is 2.25 bits per heavy atom. The number of carbonyl (C=O) groups excluding carboxylic acids is 1. The summed E-state index contributed by atoms with van der Waals surface area (Å²) >= 11 is 9.96. The van der Waals surface area contributed by atoms with Gasteiger partial charge in [-0.05, 0) is 36.4 Å². The number of nitrogens with zero attached hydrogens (tertiary/aromatic N) is 1. The van der Waals surface area contributed by atoms with Crippen LogP contribution in [0.15, 0.2) is 49.8 Å².